The number of aryl methyl sites for hydroxylation is 1. The number of sulfonamides is 1. The highest BCUT2D eigenvalue weighted by Crippen LogP contribution is 2.27. The Morgan fingerprint density at radius 1 is 1.42 bits per heavy atom. The van der Waals surface area contributed by atoms with Gasteiger partial charge in [-0.1, -0.05) is 6.07 Å². The second kappa shape index (κ2) is 8.80. The molecule has 0 bridgehead atoms. The van der Waals surface area contributed by atoms with Crippen LogP contribution >= 0.6 is 12.4 Å². The molecule has 1 aliphatic rings. The Bertz CT molecular complexity index is 677. The quantitative estimate of drug-likeness (QED) is 0.793. The third-order valence-corrected chi connectivity index (χ3v) is 6.29. The van der Waals surface area contributed by atoms with Crippen LogP contribution in [0.4, 0.5) is 0 Å². The topological polar surface area (TPSA) is 89.7 Å². The van der Waals surface area contributed by atoms with Crippen molar-refractivity contribution < 1.29 is 17.9 Å². The zero-order valence-corrected chi connectivity index (χ0v) is 15.7. The molecule has 0 radical (unpaired) electrons. The van der Waals surface area contributed by atoms with Crippen molar-refractivity contribution in [1.29, 1.82) is 0 Å². The van der Waals surface area contributed by atoms with Gasteiger partial charge in [0, 0.05) is 13.1 Å². The lowest BCUT2D eigenvalue weighted by Crippen LogP contribution is -2.40. The van der Waals surface area contributed by atoms with E-state index < -0.39 is 16.0 Å². The minimum atomic E-state index is -3.62. The SMILES string of the molecule is COC(=O)c1ccc(C)c(S(=O)(=O)N2CCCC(CCN)C2)c1.Cl. The summed E-state index contributed by atoms with van der Waals surface area (Å²) in [5.41, 5.74) is 6.46. The maximum atomic E-state index is 13.0. The first-order valence-corrected chi connectivity index (χ1v) is 9.23. The monoisotopic (exact) mass is 376 g/mol. The third-order valence-electron chi connectivity index (χ3n) is 4.28. The first-order valence-electron chi connectivity index (χ1n) is 7.79. The molecule has 2 rings (SSSR count). The number of ether oxygens (including phenoxy) is 1. The molecule has 0 saturated carbocycles. The molecular weight excluding hydrogens is 352 g/mol. The fourth-order valence-electron chi connectivity index (χ4n) is 2.98. The summed E-state index contributed by atoms with van der Waals surface area (Å²) in [7, 11) is -2.35. The number of esters is 1. The summed E-state index contributed by atoms with van der Waals surface area (Å²) in [4.78, 5) is 11.8. The zero-order chi connectivity index (χ0) is 17.0. The third kappa shape index (κ3) is 4.47. The predicted molar refractivity (Wildman–Crippen MR) is 94.9 cm³/mol. The standard InChI is InChI=1S/C16H24N2O4S.ClH/c1-12-5-6-14(16(19)22-2)10-15(12)23(20,21)18-9-3-4-13(11-18)7-8-17;/h5-6,10,13H,3-4,7-9,11,17H2,1-2H3;1H. The molecule has 1 fully saturated rings. The van der Waals surface area contributed by atoms with E-state index in [1.807, 2.05) is 0 Å². The van der Waals surface area contributed by atoms with Gasteiger partial charge in [0.25, 0.3) is 0 Å². The Labute approximate surface area is 149 Å². The maximum absolute atomic E-state index is 13.0. The highest BCUT2D eigenvalue weighted by Gasteiger charge is 2.31. The van der Waals surface area contributed by atoms with Gasteiger partial charge in [-0.15, -0.1) is 12.4 Å². The molecule has 0 amide bonds. The van der Waals surface area contributed by atoms with Crippen LogP contribution in [0.2, 0.25) is 0 Å². The van der Waals surface area contributed by atoms with Gasteiger partial charge in [-0.3, -0.25) is 0 Å². The zero-order valence-electron chi connectivity index (χ0n) is 14.0. The van der Waals surface area contributed by atoms with Crippen molar-refractivity contribution in [3.8, 4) is 0 Å². The molecule has 2 N–H and O–H groups in total. The van der Waals surface area contributed by atoms with Crippen LogP contribution < -0.4 is 5.73 Å². The maximum Gasteiger partial charge on any atom is 0.337 e. The van der Waals surface area contributed by atoms with Crippen molar-refractivity contribution in [2.75, 3.05) is 26.7 Å². The Morgan fingerprint density at radius 2 is 2.12 bits per heavy atom. The number of hydrogen-bond acceptors (Lipinski definition) is 5. The van der Waals surface area contributed by atoms with Gasteiger partial charge in [0.1, 0.15) is 0 Å². The molecule has 0 aliphatic carbocycles. The smallest absolute Gasteiger partial charge is 0.337 e. The first kappa shape index (κ1) is 20.9. The Hall–Kier alpha value is -1.15. The Balaban J connectivity index is 0.00000288. The number of piperidine rings is 1. The van der Waals surface area contributed by atoms with E-state index in [1.165, 1.54) is 17.5 Å². The second-order valence-electron chi connectivity index (χ2n) is 5.92. The molecule has 1 atom stereocenters. The Morgan fingerprint density at radius 3 is 2.75 bits per heavy atom. The van der Waals surface area contributed by atoms with Crippen molar-refractivity contribution in [3.63, 3.8) is 0 Å². The summed E-state index contributed by atoms with van der Waals surface area (Å²) in [6.07, 6.45) is 2.66. The first-order chi connectivity index (χ1) is 10.9. The van der Waals surface area contributed by atoms with Crippen LogP contribution in [0.5, 0.6) is 0 Å². The summed E-state index contributed by atoms with van der Waals surface area (Å²) in [6, 6.07) is 4.62. The van der Waals surface area contributed by atoms with Crippen LogP contribution in [-0.2, 0) is 14.8 Å². The van der Waals surface area contributed by atoms with E-state index in [-0.39, 0.29) is 22.9 Å². The molecule has 136 valence electrons. The normalized spacial score (nSPS) is 18.7. The van der Waals surface area contributed by atoms with E-state index in [1.54, 1.807) is 19.1 Å². The van der Waals surface area contributed by atoms with E-state index >= 15 is 0 Å². The number of carbonyl (C=O) groups is 1. The molecule has 1 saturated heterocycles. The van der Waals surface area contributed by atoms with Gasteiger partial charge in [0.15, 0.2) is 0 Å². The largest absolute Gasteiger partial charge is 0.465 e. The van der Waals surface area contributed by atoms with Crippen LogP contribution in [0, 0.1) is 12.8 Å². The number of carbonyl (C=O) groups excluding carboxylic acids is 1. The van der Waals surface area contributed by atoms with Crippen LogP contribution in [0.15, 0.2) is 23.1 Å². The van der Waals surface area contributed by atoms with Crippen LogP contribution in [0.1, 0.15) is 35.2 Å². The lowest BCUT2D eigenvalue weighted by atomic mass is 9.96. The molecule has 1 aliphatic heterocycles. The highest BCUT2D eigenvalue weighted by atomic mass is 35.5. The molecule has 0 aromatic heterocycles. The molecule has 1 aromatic rings. The summed E-state index contributed by atoms with van der Waals surface area (Å²) in [5, 5.41) is 0. The molecule has 8 heteroatoms. The molecule has 6 nitrogen and oxygen atoms in total. The van der Waals surface area contributed by atoms with Crippen molar-refractivity contribution in [3.05, 3.63) is 29.3 Å². The number of nitrogens with two attached hydrogens (primary N) is 1. The lowest BCUT2D eigenvalue weighted by molar-refractivity contribution is 0.0600. The van der Waals surface area contributed by atoms with Gasteiger partial charge in [0.05, 0.1) is 17.6 Å². The van der Waals surface area contributed by atoms with Gasteiger partial charge in [0.2, 0.25) is 10.0 Å². The molecule has 1 heterocycles. The molecule has 24 heavy (non-hydrogen) atoms. The van der Waals surface area contributed by atoms with Crippen LogP contribution in [0.3, 0.4) is 0 Å². The average Bonchev–Trinajstić information content (AvgIpc) is 2.55. The van der Waals surface area contributed by atoms with Gasteiger partial charge in [-0.2, -0.15) is 4.31 Å². The van der Waals surface area contributed by atoms with Gasteiger partial charge >= 0.3 is 5.97 Å². The summed E-state index contributed by atoms with van der Waals surface area (Å²) in [5.74, 6) is -0.242. The fourth-order valence-corrected chi connectivity index (χ4v) is 4.78. The molecular formula is C16H25ClN2O4S. The Kier molecular flexibility index (Phi) is 7.66. The minimum Gasteiger partial charge on any atom is -0.465 e. The van der Waals surface area contributed by atoms with Crippen molar-refractivity contribution in [2.45, 2.75) is 31.1 Å². The second-order valence-corrected chi connectivity index (χ2v) is 7.83. The minimum absolute atomic E-state index is 0. The van der Waals surface area contributed by atoms with E-state index in [9.17, 15) is 13.2 Å². The number of methoxy groups -OCH3 is 1. The lowest BCUT2D eigenvalue weighted by Gasteiger charge is -2.32. The van der Waals surface area contributed by atoms with Gasteiger partial charge in [-0.05, 0) is 56.3 Å². The molecule has 0 spiro atoms. The number of nitrogens with zero attached hydrogens (tertiary/aromatic N) is 1. The molecule has 1 unspecified atom stereocenters. The fraction of sp³-hybridized carbons (Fsp3) is 0.562. The number of rotatable bonds is 5. The summed E-state index contributed by atoms with van der Waals surface area (Å²) in [6.45, 7) is 3.29. The highest BCUT2D eigenvalue weighted by molar-refractivity contribution is 7.89. The van der Waals surface area contributed by atoms with Crippen molar-refractivity contribution in [2.24, 2.45) is 11.7 Å². The van der Waals surface area contributed by atoms with Crippen LogP contribution in [0.25, 0.3) is 0 Å². The number of halogens is 1. The summed E-state index contributed by atoms with van der Waals surface area (Å²) < 4.78 is 32.1. The van der Waals surface area contributed by atoms with E-state index in [0.717, 1.165) is 19.3 Å². The summed E-state index contributed by atoms with van der Waals surface area (Å²) >= 11 is 0. The number of benzene rings is 1. The van der Waals surface area contributed by atoms with Crippen molar-refractivity contribution >= 4 is 28.4 Å². The van der Waals surface area contributed by atoms with E-state index in [4.69, 9.17) is 5.73 Å². The molecule has 1 aromatic carbocycles. The predicted octanol–water partition coefficient (Wildman–Crippen LogP) is 1.95. The van der Waals surface area contributed by atoms with Crippen molar-refractivity contribution in [1.82, 2.24) is 4.31 Å². The van der Waals surface area contributed by atoms with E-state index in [0.29, 0.717) is 31.1 Å². The number of hydrogen-bond donors (Lipinski definition) is 1. The van der Waals surface area contributed by atoms with E-state index in [2.05, 4.69) is 4.74 Å². The van der Waals surface area contributed by atoms with Crippen LogP contribution in [-0.4, -0.2) is 45.4 Å². The van der Waals surface area contributed by atoms with Gasteiger partial charge < -0.3 is 10.5 Å². The van der Waals surface area contributed by atoms with Gasteiger partial charge in [-0.25, -0.2) is 13.2 Å². The average molecular weight is 377 g/mol.